The Labute approximate surface area is 149 Å². The number of benzene rings is 2. The van der Waals surface area contributed by atoms with Crippen LogP contribution in [-0.4, -0.2) is 24.4 Å². The predicted octanol–water partition coefficient (Wildman–Crippen LogP) is 2.97. The van der Waals surface area contributed by atoms with E-state index in [4.69, 9.17) is 0 Å². The van der Waals surface area contributed by atoms with Crippen molar-refractivity contribution in [1.82, 2.24) is 0 Å². The molecule has 9 heteroatoms. The number of carboxylic acid groups (broad SMARTS) is 1. The van der Waals surface area contributed by atoms with Gasteiger partial charge in [-0.3, -0.25) is 14.8 Å². The van der Waals surface area contributed by atoms with Crippen LogP contribution in [0.1, 0.15) is 34.3 Å². The summed E-state index contributed by atoms with van der Waals surface area (Å²) in [6.07, 6.45) is 3.13. The van der Waals surface area contributed by atoms with Gasteiger partial charge < -0.3 is 5.11 Å². The van der Waals surface area contributed by atoms with E-state index in [0.29, 0.717) is 12.0 Å². The Morgan fingerprint density at radius 3 is 2.58 bits per heavy atom. The fourth-order valence-corrected chi connectivity index (χ4v) is 4.24. The van der Waals surface area contributed by atoms with Crippen LogP contribution in [0, 0.1) is 10.1 Å². The van der Waals surface area contributed by atoms with E-state index in [1.54, 1.807) is 6.07 Å². The second-order valence-electron chi connectivity index (χ2n) is 6.00. The van der Waals surface area contributed by atoms with Crippen LogP contribution in [0.4, 0.5) is 11.4 Å². The third-order valence-electron chi connectivity index (χ3n) is 4.33. The minimum Gasteiger partial charge on any atom is -0.478 e. The van der Waals surface area contributed by atoms with E-state index < -0.39 is 20.9 Å². The van der Waals surface area contributed by atoms with Crippen molar-refractivity contribution in [1.29, 1.82) is 0 Å². The first-order valence-electron chi connectivity index (χ1n) is 7.95. The molecule has 1 aliphatic rings. The second-order valence-corrected chi connectivity index (χ2v) is 7.68. The summed E-state index contributed by atoms with van der Waals surface area (Å²) in [7, 11) is -4.17. The molecule has 2 N–H and O–H groups in total. The fourth-order valence-electron chi connectivity index (χ4n) is 3.13. The molecule has 1 aliphatic carbocycles. The van der Waals surface area contributed by atoms with Crippen LogP contribution in [-0.2, 0) is 22.9 Å². The number of nitrogens with one attached hydrogen (secondary N) is 1. The Bertz CT molecular complexity index is 1000. The number of nitrogens with zero attached hydrogens (tertiary/aromatic N) is 1. The highest BCUT2D eigenvalue weighted by Crippen LogP contribution is 2.31. The third-order valence-corrected chi connectivity index (χ3v) is 5.69. The van der Waals surface area contributed by atoms with Crippen molar-refractivity contribution >= 4 is 27.4 Å². The van der Waals surface area contributed by atoms with Crippen LogP contribution >= 0.6 is 0 Å². The average molecular weight is 376 g/mol. The number of rotatable bonds is 5. The summed E-state index contributed by atoms with van der Waals surface area (Å²) in [4.78, 5) is 21.6. The molecule has 136 valence electrons. The second kappa shape index (κ2) is 6.75. The summed E-state index contributed by atoms with van der Waals surface area (Å²) >= 11 is 0. The monoisotopic (exact) mass is 376 g/mol. The van der Waals surface area contributed by atoms with Crippen LogP contribution in [0.25, 0.3) is 0 Å². The number of carboxylic acids is 1. The minimum absolute atomic E-state index is 0.0374. The maximum absolute atomic E-state index is 12.6. The lowest BCUT2D eigenvalue weighted by Gasteiger charge is -2.20. The van der Waals surface area contributed by atoms with Crippen molar-refractivity contribution < 1.29 is 23.2 Å². The van der Waals surface area contributed by atoms with Crippen molar-refractivity contribution in [2.45, 2.75) is 30.6 Å². The summed E-state index contributed by atoms with van der Waals surface area (Å²) in [5.74, 6) is -1.21. The Hall–Kier alpha value is -2.94. The first-order valence-corrected chi connectivity index (χ1v) is 9.43. The molecular weight excluding hydrogens is 360 g/mol. The summed E-state index contributed by atoms with van der Waals surface area (Å²) in [5, 5.41) is 20.4. The van der Waals surface area contributed by atoms with E-state index in [-0.39, 0.29) is 21.8 Å². The van der Waals surface area contributed by atoms with Gasteiger partial charge in [0.2, 0.25) is 0 Å². The summed E-state index contributed by atoms with van der Waals surface area (Å²) in [6.45, 7) is 0. The van der Waals surface area contributed by atoms with E-state index in [1.807, 2.05) is 0 Å². The van der Waals surface area contributed by atoms with Gasteiger partial charge in [0.15, 0.2) is 0 Å². The lowest BCUT2D eigenvalue weighted by atomic mass is 9.87. The van der Waals surface area contributed by atoms with E-state index in [2.05, 4.69) is 4.72 Å². The number of nitro benzene ring substituents is 1. The fraction of sp³-hybridized carbons (Fsp3) is 0.235. The van der Waals surface area contributed by atoms with Gasteiger partial charge in [-0.15, -0.1) is 0 Å². The first kappa shape index (κ1) is 17.9. The Morgan fingerprint density at radius 2 is 1.88 bits per heavy atom. The molecule has 0 unspecified atom stereocenters. The highest BCUT2D eigenvalue weighted by atomic mass is 32.2. The van der Waals surface area contributed by atoms with Crippen LogP contribution in [0.5, 0.6) is 0 Å². The molecule has 0 heterocycles. The zero-order valence-corrected chi connectivity index (χ0v) is 14.5. The third kappa shape index (κ3) is 3.38. The summed E-state index contributed by atoms with van der Waals surface area (Å²) < 4.78 is 27.5. The van der Waals surface area contributed by atoms with Gasteiger partial charge in [0.05, 0.1) is 21.1 Å². The molecule has 26 heavy (non-hydrogen) atoms. The van der Waals surface area contributed by atoms with Gasteiger partial charge in [-0.25, -0.2) is 13.2 Å². The van der Waals surface area contributed by atoms with E-state index in [1.165, 1.54) is 24.3 Å². The van der Waals surface area contributed by atoms with E-state index in [0.717, 1.165) is 30.9 Å². The molecule has 0 saturated heterocycles. The highest BCUT2D eigenvalue weighted by molar-refractivity contribution is 7.92. The number of anilines is 1. The molecule has 0 fully saturated rings. The molecule has 0 radical (unpaired) electrons. The van der Waals surface area contributed by atoms with Crippen LogP contribution in [0.2, 0.25) is 0 Å². The smallest absolute Gasteiger partial charge is 0.338 e. The largest absolute Gasteiger partial charge is 0.478 e. The SMILES string of the molecule is O=C(O)c1c(NS(=O)(=O)c2cccc([N+](=O)[O-])c2)ccc2c1CCCC2. The molecule has 2 aromatic rings. The van der Waals surface area contributed by atoms with Crippen LogP contribution in [0.15, 0.2) is 41.3 Å². The lowest BCUT2D eigenvalue weighted by molar-refractivity contribution is -0.385. The zero-order valence-electron chi connectivity index (χ0n) is 13.6. The highest BCUT2D eigenvalue weighted by Gasteiger charge is 2.25. The number of sulfonamides is 1. The van der Waals surface area contributed by atoms with Crippen LogP contribution < -0.4 is 4.72 Å². The Balaban J connectivity index is 2.04. The number of aryl methyl sites for hydroxylation is 1. The van der Waals surface area contributed by atoms with Gasteiger partial charge in [-0.05, 0) is 48.9 Å². The van der Waals surface area contributed by atoms with Crippen molar-refractivity contribution in [2.75, 3.05) is 4.72 Å². The molecule has 0 bridgehead atoms. The molecule has 0 aromatic heterocycles. The predicted molar refractivity (Wildman–Crippen MR) is 93.9 cm³/mol. The molecular formula is C17H16N2O6S. The Morgan fingerprint density at radius 1 is 1.15 bits per heavy atom. The molecule has 2 aromatic carbocycles. The molecule has 0 amide bonds. The number of fused-ring (bicyclic) bond motifs is 1. The van der Waals surface area contributed by atoms with E-state index >= 15 is 0 Å². The van der Waals surface area contributed by atoms with Gasteiger partial charge in [-0.1, -0.05) is 12.1 Å². The molecule has 0 atom stereocenters. The average Bonchev–Trinajstić information content (AvgIpc) is 2.61. The summed E-state index contributed by atoms with van der Waals surface area (Å²) in [6, 6.07) is 7.75. The quantitative estimate of drug-likeness (QED) is 0.610. The van der Waals surface area contributed by atoms with Gasteiger partial charge in [0.1, 0.15) is 0 Å². The first-order chi connectivity index (χ1) is 12.3. The van der Waals surface area contributed by atoms with Gasteiger partial charge in [0.25, 0.3) is 15.7 Å². The zero-order chi connectivity index (χ0) is 18.9. The van der Waals surface area contributed by atoms with Crippen molar-refractivity contribution in [3.8, 4) is 0 Å². The topological polar surface area (TPSA) is 127 Å². The van der Waals surface area contributed by atoms with Gasteiger partial charge >= 0.3 is 5.97 Å². The number of carbonyl (C=O) groups is 1. The van der Waals surface area contributed by atoms with Gasteiger partial charge in [-0.2, -0.15) is 0 Å². The number of non-ortho nitro benzene ring substituents is 1. The lowest BCUT2D eigenvalue weighted by Crippen LogP contribution is -2.18. The van der Waals surface area contributed by atoms with E-state index in [9.17, 15) is 28.4 Å². The number of hydrogen-bond donors (Lipinski definition) is 2. The van der Waals surface area contributed by atoms with Crippen molar-refractivity contribution in [3.63, 3.8) is 0 Å². The molecule has 3 rings (SSSR count). The standard InChI is InChI=1S/C17H16N2O6S/c20-17(21)16-14-7-2-1-4-11(14)8-9-15(16)18-26(24,25)13-6-3-5-12(10-13)19(22)23/h3,5-6,8-10,18H,1-2,4,7H2,(H,20,21). The van der Waals surface area contributed by atoms with Gasteiger partial charge in [0, 0.05) is 12.1 Å². The maximum atomic E-state index is 12.6. The number of nitro groups is 1. The Kier molecular flexibility index (Phi) is 4.64. The minimum atomic E-state index is -4.17. The molecule has 0 saturated carbocycles. The maximum Gasteiger partial charge on any atom is 0.338 e. The number of aromatic carboxylic acids is 1. The molecule has 8 nitrogen and oxygen atoms in total. The molecule has 0 spiro atoms. The van der Waals surface area contributed by atoms with Crippen LogP contribution in [0.3, 0.4) is 0 Å². The number of hydrogen-bond acceptors (Lipinski definition) is 5. The normalized spacial score (nSPS) is 13.7. The molecule has 0 aliphatic heterocycles. The van der Waals surface area contributed by atoms with Crippen molar-refractivity contribution in [2.24, 2.45) is 0 Å². The summed E-state index contributed by atoms with van der Waals surface area (Å²) in [5.41, 5.74) is 1.09. The van der Waals surface area contributed by atoms with Crippen molar-refractivity contribution in [3.05, 3.63) is 63.2 Å².